The topological polar surface area (TPSA) is 68.1 Å². The minimum atomic E-state index is -0.453. The van der Waals surface area contributed by atoms with E-state index in [1.165, 1.54) is 12.3 Å². The van der Waals surface area contributed by atoms with E-state index in [-0.39, 0.29) is 5.69 Å². The third kappa shape index (κ3) is 3.03. The summed E-state index contributed by atoms with van der Waals surface area (Å²) in [6.45, 7) is 0. The van der Waals surface area contributed by atoms with Crippen LogP contribution < -0.4 is 5.32 Å². The molecule has 0 amide bonds. The highest BCUT2D eigenvalue weighted by atomic mass is 79.9. The maximum Gasteiger partial charge on any atom is 0.288 e. The van der Waals surface area contributed by atoms with E-state index in [1.807, 2.05) is 0 Å². The zero-order chi connectivity index (χ0) is 12.3. The average molecular weight is 298 g/mol. The molecule has 1 aliphatic rings. The van der Waals surface area contributed by atoms with Gasteiger partial charge in [0, 0.05) is 12.1 Å². The van der Waals surface area contributed by atoms with Crippen molar-refractivity contribution in [1.82, 2.24) is 4.98 Å². The lowest BCUT2D eigenvalue weighted by Gasteiger charge is -2.20. The van der Waals surface area contributed by atoms with Crippen molar-refractivity contribution in [3.05, 3.63) is 39.0 Å². The van der Waals surface area contributed by atoms with Gasteiger partial charge in [0.05, 0.1) is 9.40 Å². The lowest BCUT2D eigenvalue weighted by molar-refractivity contribution is -0.385. The summed E-state index contributed by atoms with van der Waals surface area (Å²) >= 11 is 3.29. The molecule has 5 nitrogen and oxygen atoms in total. The van der Waals surface area contributed by atoms with Gasteiger partial charge in [0.15, 0.2) is 0 Å². The molecule has 1 unspecified atom stereocenters. The van der Waals surface area contributed by atoms with Crippen LogP contribution >= 0.6 is 15.9 Å². The molecular formula is C11H12BrN3O2. The van der Waals surface area contributed by atoms with Gasteiger partial charge in [-0.3, -0.25) is 10.1 Å². The largest absolute Gasteiger partial charge is 0.366 e. The zero-order valence-corrected chi connectivity index (χ0v) is 10.7. The van der Waals surface area contributed by atoms with Crippen LogP contribution in [0.3, 0.4) is 0 Å². The van der Waals surface area contributed by atoms with E-state index in [1.54, 1.807) is 0 Å². The van der Waals surface area contributed by atoms with Crippen LogP contribution in [0.15, 0.2) is 28.9 Å². The summed E-state index contributed by atoms with van der Waals surface area (Å²) in [4.78, 5) is 14.2. The normalized spacial score (nSPS) is 19.0. The van der Waals surface area contributed by atoms with Crippen molar-refractivity contribution in [3.8, 4) is 0 Å². The first-order valence-electron chi connectivity index (χ1n) is 5.38. The van der Waals surface area contributed by atoms with E-state index >= 15 is 0 Å². The first-order chi connectivity index (χ1) is 8.16. The van der Waals surface area contributed by atoms with Crippen LogP contribution in [-0.4, -0.2) is 15.9 Å². The highest BCUT2D eigenvalue weighted by Crippen LogP contribution is 2.26. The molecule has 0 radical (unpaired) electrons. The predicted molar refractivity (Wildman–Crippen MR) is 69.0 cm³/mol. The molecule has 1 aliphatic carbocycles. The molecule has 0 saturated heterocycles. The maximum atomic E-state index is 10.6. The Balaban J connectivity index is 2.11. The second-order valence-electron chi connectivity index (χ2n) is 3.91. The fourth-order valence-electron chi connectivity index (χ4n) is 1.75. The van der Waals surface area contributed by atoms with Crippen LogP contribution in [0.2, 0.25) is 0 Å². The van der Waals surface area contributed by atoms with Gasteiger partial charge in [-0.15, -0.1) is 0 Å². The van der Waals surface area contributed by atoms with E-state index in [9.17, 15) is 10.1 Å². The van der Waals surface area contributed by atoms with Gasteiger partial charge in [0.2, 0.25) is 0 Å². The number of hydrogen-bond acceptors (Lipinski definition) is 4. The number of anilines is 1. The first-order valence-corrected chi connectivity index (χ1v) is 6.17. The van der Waals surface area contributed by atoms with Crippen LogP contribution in [0.4, 0.5) is 11.5 Å². The van der Waals surface area contributed by atoms with Crippen molar-refractivity contribution < 1.29 is 4.92 Å². The fourth-order valence-corrected chi connectivity index (χ4v) is 2.20. The van der Waals surface area contributed by atoms with Gasteiger partial charge in [0.25, 0.3) is 5.69 Å². The van der Waals surface area contributed by atoms with Crippen LogP contribution in [0, 0.1) is 10.1 Å². The monoisotopic (exact) mass is 297 g/mol. The molecule has 6 heteroatoms. The summed E-state index contributed by atoms with van der Waals surface area (Å²) in [7, 11) is 0. The number of hydrogen-bond donors (Lipinski definition) is 1. The smallest absolute Gasteiger partial charge is 0.288 e. The van der Waals surface area contributed by atoms with Crippen LogP contribution in [0.25, 0.3) is 0 Å². The van der Waals surface area contributed by atoms with E-state index in [2.05, 4.69) is 38.4 Å². The van der Waals surface area contributed by atoms with E-state index in [4.69, 9.17) is 0 Å². The second kappa shape index (κ2) is 5.27. The van der Waals surface area contributed by atoms with Gasteiger partial charge in [0.1, 0.15) is 12.0 Å². The molecular weight excluding hydrogens is 286 g/mol. The van der Waals surface area contributed by atoms with Gasteiger partial charge < -0.3 is 5.32 Å². The van der Waals surface area contributed by atoms with Crippen molar-refractivity contribution in [2.24, 2.45) is 0 Å². The van der Waals surface area contributed by atoms with E-state index in [0.717, 1.165) is 19.3 Å². The van der Waals surface area contributed by atoms with Gasteiger partial charge in [-0.1, -0.05) is 12.2 Å². The Morgan fingerprint density at radius 2 is 2.35 bits per heavy atom. The Labute approximate surface area is 107 Å². The maximum absolute atomic E-state index is 10.6. The van der Waals surface area contributed by atoms with Crippen molar-refractivity contribution >= 4 is 27.4 Å². The van der Waals surface area contributed by atoms with E-state index in [0.29, 0.717) is 16.3 Å². The quantitative estimate of drug-likeness (QED) is 0.528. The summed E-state index contributed by atoms with van der Waals surface area (Å²) in [5, 5.41) is 13.9. The summed E-state index contributed by atoms with van der Waals surface area (Å²) < 4.78 is 0.626. The van der Waals surface area contributed by atoms with Gasteiger partial charge >= 0.3 is 0 Å². The van der Waals surface area contributed by atoms with Crippen molar-refractivity contribution in [2.45, 2.75) is 25.3 Å². The zero-order valence-electron chi connectivity index (χ0n) is 9.10. The molecule has 1 atom stereocenters. The summed E-state index contributed by atoms with van der Waals surface area (Å²) in [5.74, 6) is 0.663. The Kier molecular flexibility index (Phi) is 3.73. The Morgan fingerprint density at radius 1 is 1.53 bits per heavy atom. The number of rotatable bonds is 3. The number of halogens is 1. The van der Waals surface area contributed by atoms with Gasteiger partial charge in [-0.25, -0.2) is 4.98 Å². The molecule has 1 aromatic rings. The molecule has 0 fully saturated rings. The molecule has 1 heterocycles. The lowest BCUT2D eigenvalue weighted by Crippen LogP contribution is -2.21. The molecule has 1 aromatic heterocycles. The van der Waals surface area contributed by atoms with E-state index < -0.39 is 4.92 Å². The molecule has 0 bridgehead atoms. The standard InChI is InChI=1S/C11H12BrN3O2/c12-10-6-9(15(16)17)7-13-11(10)14-8-4-2-1-3-5-8/h1-2,6-8H,3-5H2,(H,13,14). The molecule has 0 saturated carbocycles. The summed E-state index contributed by atoms with van der Waals surface area (Å²) in [6, 6.07) is 1.82. The number of nitro groups is 1. The van der Waals surface area contributed by atoms with Gasteiger partial charge in [-0.2, -0.15) is 0 Å². The molecule has 1 N–H and O–H groups in total. The summed E-state index contributed by atoms with van der Waals surface area (Å²) in [6.07, 6.45) is 8.65. The molecule has 2 rings (SSSR count). The predicted octanol–water partition coefficient (Wildman–Crippen LogP) is 3.27. The number of allylic oxidation sites excluding steroid dienone is 1. The Bertz CT molecular complexity index is 462. The molecule has 0 aliphatic heterocycles. The average Bonchev–Trinajstić information content (AvgIpc) is 2.33. The van der Waals surface area contributed by atoms with Crippen molar-refractivity contribution in [1.29, 1.82) is 0 Å². The molecule has 17 heavy (non-hydrogen) atoms. The highest BCUT2D eigenvalue weighted by Gasteiger charge is 2.14. The fraction of sp³-hybridized carbons (Fsp3) is 0.364. The third-order valence-corrected chi connectivity index (χ3v) is 3.25. The van der Waals surface area contributed by atoms with Crippen molar-refractivity contribution in [3.63, 3.8) is 0 Å². The Morgan fingerprint density at radius 3 is 2.94 bits per heavy atom. The highest BCUT2D eigenvalue weighted by molar-refractivity contribution is 9.10. The minimum absolute atomic E-state index is 0.00837. The number of nitrogens with one attached hydrogen (secondary N) is 1. The lowest BCUT2D eigenvalue weighted by atomic mass is 10.0. The number of nitrogens with zero attached hydrogens (tertiary/aromatic N) is 2. The minimum Gasteiger partial charge on any atom is -0.366 e. The third-order valence-electron chi connectivity index (χ3n) is 2.65. The summed E-state index contributed by atoms with van der Waals surface area (Å²) in [5.41, 5.74) is -0.00837. The SMILES string of the molecule is O=[N+]([O-])c1cnc(NC2CC=CCC2)c(Br)c1. The van der Waals surface area contributed by atoms with Crippen LogP contribution in [0.5, 0.6) is 0 Å². The van der Waals surface area contributed by atoms with Crippen LogP contribution in [-0.2, 0) is 0 Å². The number of aromatic nitrogens is 1. The molecule has 90 valence electrons. The first kappa shape index (κ1) is 12.0. The molecule has 0 aromatic carbocycles. The molecule has 0 spiro atoms. The van der Waals surface area contributed by atoms with Gasteiger partial charge in [-0.05, 0) is 35.2 Å². The second-order valence-corrected chi connectivity index (χ2v) is 4.76. The van der Waals surface area contributed by atoms with Crippen LogP contribution in [0.1, 0.15) is 19.3 Å². The Hall–Kier alpha value is -1.43. The van der Waals surface area contributed by atoms with Crippen molar-refractivity contribution in [2.75, 3.05) is 5.32 Å². The number of pyridine rings is 1.